The molecule has 2 aromatic carbocycles. The van der Waals surface area contributed by atoms with Gasteiger partial charge in [0.15, 0.2) is 11.2 Å². The number of fused-ring (bicyclic) bond motifs is 1. The van der Waals surface area contributed by atoms with Crippen molar-refractivity contribution in [2.75, 3.05) is 5.43 Å². The number of benzene rings is 2. The zero-order valence-corrected chi connectivity index (χ0v) is 17.4. The molecule has 0 amide bonds. The van der Waals surface area contributed by atoms with Crippen LogP contribution in [0, 0.1) is 5.82 Å². The van der Waals surface area contributed by atoms with Crippen molar-refractivity contribution in [3.8, 4) is 0 Å². The standard InChI is InChI=1S/C20H16BrFN6O2/c1-27-17-16(18(29)25-20(27)30)28(11-13-4-2-3-5-15(13)22)19(24-17)26-23-10-12-6-8-14(21)9-7-12/h2-10H,11H2,1H3,(H,24,26)(H,25,29,30)/b23-10-. The van der Waals surface area contributed by atoms with Crippen LogP contribution < -0.4 is 16.7 Å². The molecule has 0 aliphatic carbocycles. The highest BCUT2D eigenvalue weighted by Crippen LogP contribution is 2.19. The predicted molar refractivity (Wildman–Crippen MR) is 116 cm³/mol. The van der Waals surface area contributed by atoms with Crippen LogP contribution in [0.3, 0.4) is 0 Å². The number of anilines is 1. The average molecular weight is 471 g/mol. The van der Waals surface area contributed by atoms with Gasteiger partial charge in [-0.25, -0.2) is 14.6 Å². The molecule has 4 rings (SSSR count). The van der Waals surface area contributed by atoms with E-state index in [1.54, 1.807) is 24.4 Å². The number of nitrogens with zero attached hydrogens (tertiary/aromatic N) is 4. The number of hydrogen-bond donors (Lipinski definition) is 2. The lowest BCUT2D eigenvalue weighted by Gasteiger charge is -2.09. The van der Waals surface area contributed by atoms with E-state index in [1.807, 2.05) is 24.3 Å². The molecule has 2 N–H and O–H groups in total. The largest absolute Gasteiger partial charge is 0.329 e. The summed E-state index contributed by atoms with van der Waals surface area (Å²) in [5, 5.41) is 4.18. The second-order valence-electron chi connectivity index (χ2n) is 6.53. The van der Waals surface area contributed by atoms with Crippen LogP contribution in [0.4, 0.5) is 10.3 Å². The van der Waals surface area contributed by atoms with Crippen LogP contribution >= 0.6 is 15.9 Å². The minimum Gasteiger partial charge on any atom is -0.298 e. The van der Waals surface area contributed by atoms with Gasteiger partial charge in [0.05, 0.1) is 12.8 Å². The third kappa shape index (κ3) is 3.81. The fraction of sp³-hybridized carbons (Fsp3) is 0.100. The van der Waals surface area contributed by atoms with Crippen LogP contribution in [-0.4, -0.2) is 25.3 Å². The highest BCUT2D eigenvalue weighted by atomic mass is 79.9. The lowest BCUT2D eigenvalue weighted by molar-refractivity contribution is 0.602. The first-order valence-corrected chi connectivity index (χ1v) is 9.71. The maximum absolute atomic E-state index is 14.2. The van der Waals surface area contributed by atoms with Crippen molar-refractivity contribution in [3.63, 3.8) is 0 Å². The second kappa shape index (κ2) is 8.07. The van der Waals surface area contributed by atoms with Crippen molar-refractivity contribution < 1.29 is 4.39 Å². The molecule has 0 radical (unpaired) electrons. The van der Waals surface area contributed by atoms with Gasteiger partial charge in [-0.05, 0) is 23.8 Å². The first kappa shape index (κ1) is 19.8. The summed E-state index contributed by atoms with van der Waals surface area (Å²) in [6.45, 7) is 0.0284. The third-order valence-electron chi connectivity index (χ3n) is 4.54. The van der Waals surface area contributed by atoms with Gasteiger partial charge in [-0.3, -0.25) is 18.9 Å². The van der Waals surface area contributed by atoms with Gasteiger partial charge >= 0.3 is 5.69 Å². The Labute approximate surface area is 177 Å². The van der Waals surface area contributed by atoms with Gasteiger partial charge in [0, 0.05) is 17.1 Å². The monoisotopic (exact) mass is 470 g/mol. The van der Waals surface area contributed by atoms with Gasteiger partial charge in [0.25, 0.3) is 5.56 Å². The number of halogens is 2. The molecule has 0 aliphatic heterocycles. The van der Waals surface area contributed by atoms with Crippen molar-refractivity contribution in [3.05, 3.63) is 90.8 Å². The minimum atomic E-state index is -0.609. The number of aryl methyl sites for hydroxylation is 1. The van der Waals surface area contributed by atoms with Crippen LogP contribution in [0.25, 0.3) is 11.2 Å². The van der Waals surface area contributed by atoms with Gasteiger partial charge in [0.2, 0.25) is 5.95 Å². The van der Waals surface area contributed by atoms with E-state index in [4.69, 9.17) is 0 Å². The number of aromatic amines is 1. The maximum atomic E-state index is 14.2. The molecule has 0 saturated heterocycles. The topological polar surface area (TPSA) is 97.1 Å². The average Bonchev–Trinajstić information content (AvgIpc) is 3.08. The van der Waals surface area contributed by atoms with Gasteiger partial charge in [-0.15, -0.1) is 0 Å². The van der Waals surface area contributed by atoms with Gasteiger partial charge < -0.3 is 0 Å². The number of hydrazone groups is 1. The molecule has 0 unspecified atom stereocenters. The third-order valence-corrected chi connectivity index (χ3v) is 5.07. The normalized spacial score (nSPS) is 11.4. The van der Waals surface area contributed by atoms with E-state index < -0.39 is 17.1 Å². The lowest BCUT2D eigenvalue weighted by Crippen LogP contribution is -2.29. The highest BCUT2D eigenvalue weighted by Gasteiger charge is 2.18. The summed E-state index contributed by atoms with van der Waals surface area (Å²) in [4.78, 5) is 31.1. The van der Waals surface area contributed by atoms with Crippen molar-refractivity contribution in [1.29, 1.82) is 0 Å². The number of aromatic nitrogens is 4. The predicted octanol–water partition coefficient (Wildman–Crippen LogP) is 2.82. The maximum Gasteiger partial charge on any atom is 0.329 e. The van der Waals surface area contributed by atoms with Crippen molar-refractivity contribution in [2.45, 2.75) is 6.54 Å². The van der Waals surface area contributed by atoms with Crippen LogP contribution in [0.15, 0.2) is 67.7 Å². The molecule has 0 saturated carbocycles. The lowest BCUT2D eigenvalue weighted by atomic mass is 10.2. The minimum absolute atomic E-state index is 0.0284. The molecule has 4 aromatic rings. The smallest absolute Gasteiger partial charge is 0.298 e. The van der Waals surface area contributed by atoms with Crippen molar-refractivity contribution >= 4 is 39.3 Å². The Kier molecular flexibility index (Phi) is 5.32. The molecule has 10 heteroatoms. The highest BCUT2D eigenvalue weighted by molar-refractivity contribution is 9.10. The van der Waals surface area contributed by atoms with E-state index in [1.165, 1.54) is 22.2 Å². The number of H-pyrrole nitrogens is 1. The summed E-state index contributed by atoms with van der Waals surface area (Å²) >= 11 is 3.37. The van der Waals surface area contributed by atoms with Crippen LogP contribution in [0.5, 0.6) is 0 Å². The Bertz CT molecular complexity index is 1370. The molecule has 2 heterocycles. The molecular formula is C20H16BrFN6O2. The molecular weight excluding hydrogens is 455 g/mol. The van der Waals surface area contributed by atoms with Crippen LogP contribution in [0.2, 0.25) is 0 Å². The Morgan fingerprint density at radius 3 is 2.67 bits per heavy atom. The van der Waals surface area contributed by atoms with Crippen molar-refractivity contribution in [1.82, 2.24) is 19.1 Å². The van der Waals surface area contributed by atoms with Gasteiger partial charge in [-0.1, -0.05) is 46.3 Å². The molecule has 0 fully saturated rings. The zero-order valence-electron chi connectivity index (χ0n) is 15.8. The van der Waals surface area contributed by atoms with Gasteiger partial charge in [-0.2, -0.15) is 10.1 Å². The molecule has 8 nitrogen and oxygen atoms in total. The summed E-state index contributed by atoms with van der Waals surface area (Å²) in [5.74, 6) is -0.210. The Balaban J connectivity index is 1.79. The molecule has 30 heavy (non-hydrogen) atoms. The fourth-order valence-electron chi connectivity index (χ4n) is 2.98. The zero-order chi connectivity index (χ0) is 21.3. The molecule has 0 spiro atoms. The second-order valence-corrected chi connectivity index (χ2v) is 7.44. The summed E-state index contributed by atoms with van der Waals surface area (Å²) in [7, 11) is 1.50. The Morgan fingerprint density at radius 1 is 1.20 bits per heavy atom. The Morgan fingerprint density at radius 2 is 1.93 bits per heavy atom. The number of imidazole rings is 1. The van der Waals surface area contributed by atoms with E-state index in [9.17, 15) is 14.0 Å². The van der Waals surface area contributed by atoms with Gasteiger partial charge in [0.1, 0.15) is 5.82 Å². The summed E-state index contributed by atoms with van der Waals surface area (Å²) in [6, 6.07) is 13.7. The van der Waals surface area contributed by atoms with Crippen molar-refractivity contribution in [2.24, 2.45) is 12.1 Å². The molecule has 0 bridgehead atoms. The molecule has 152 valence electrons. The fourth-order valence-corrected chi connectivity index (χ4v) is 3.25. The molecule has 0 atom stereocenters. The summed E-state index contributed by atoms with van der Waals surface area (Å²) < 4.78 is 17.9. The van der Waals surface area contributed by atoms with Crippen LogP contribution in [0.1, 0.15) is 11.1 Å². The van der Waals surface area contributed by atoms with E-state index in [2.05, 4.69) is 36.4 Å². The quantitative estimate of drug-likeness (QED) is 0.346. The Hall–Kier alpha value is -3.53. The number of nitrogens with one attached hydrogen (secondary N) is 2. The SMILES string of the molecule is Cn1c(=O)[nH]c(=O)c2c1nc(N/N=C\c1ccc(Br)cc1)n2Cc1ccccc1F. The number of rotatable bonds is 5. The van der Waals surface area contributed by atoms with Crippen LogP contribution in [-0.2, 0) is 13.6 Å². The summed E-state index contributed by atoms with van der Waals surface area (Å²) in [6.07, 6.45) is 1.59. The van der Waals surface area contributed by atoms with E-state index in [-0.39, 0.29) is 23.7 Å². The first-order chi connectivity index (χ1) is 14.4. The molecule has 2 aromatic heterocycles. The molecule has 0 aliphatic rings. The van der Waals surface area contributed by atoms with E-state index in [0.29, 0.717) is 5.56 Å². The first-order valence-electron chi connectivity index (χ1n) is 8.91. The van der Waals surface area contributed by atoms with E-state index >= 15 is 0 Å². The van der Waals surface area contributed by atoms with E-state index in [0.717, 1.165) is 10.0 Å². The number of hydrogen-bond acceptors (Lipinski definition) is 5. The summed E-state index contributed by atoms with van der Waals surface area (Å²) in [5.41, 5.74) is 3.11.